The summed E-state index contributed by atoms with van der Waals surface area (Å²) in [6.07, 6.45) is 0.0269. The number of piperazine rings is 1. The van der Waals surface area contributed by atoms with E-state index in [1.54, 1.807) is 7.05 Å². The van der Waals surface area contributed by atoms with Crippen molar-refractivity contribution >= 4 is 50.8 Å². The van der Waals surface area contributed by atoms with Gasteiger partial charge in [-0.3, -0.25) is 9.20 Å². The average molecular weight is 553 g/mol. The van der Waals surface area contributed by atoms with Gasteiger partial charge in [-0.2, -0.15) is 4.31 Å². The summed E-state index contributed by atoms with van der Waals surface area (Å²) in [7, 11) is -2.51. The first-order valence-electron chi connectivity index (χ1n) is 9.41. The molecule has 11 heteroatoms. The Morgan fingerprint density at radius 1 is 1.21 bits per heavy atom. The van der Waals surface area contributed by atoms with Crippen LogP contribution >= 0.6 is 24.0 Å². The number of aliphatic imine (C=N–C) groups is 1. The number of halogens is 1. The lowest BCUT2D eigenvalue weighted by atomic mass is 10.3. The molecule has 8 nitrogen and oxygen atoms in total. The van der Waals surface area contributed by atoms with Gasteiger partial charge in [0.1, 0.15) is 0 Å². The molecular weight excluding hydrogens is 515 g/mol. The van der Waals surface area contributed by atoms with Gasteiger partial charge >= 0.3 is 0 Å². The number of ether oxygens (including phenoxy) is 1. The molecule has 0 aromatic carbocycles. The molecule has 1 aliphatic rings. The van der Waals surface area contributed by atoms with Crippen molar-refractivity contribution in [2.24, 2.45) is 4.99 Å². The molecule has 0 amide bonds. The zero-order valence-corrected chi connectivity index (χ0v) is 21.9. The van der Waals surface area contributed by atoms with Crippen molar-refractivity contribution < 1.29 is 17.4 Å². The maximum atomic E-state index is 12.4. The van der Waals surface area contributed by atoms with Crippen LogP contribution in [-0.4, -0.2) is 96.5 Å². The highest BCUT2D eigenvalue weighted by atomic mass is 127. The highest BCUT2D eigenvalue weighted by Gasteiger charge is 2.28. The lowest BCUT2D eigenvalue weighted by molar-refractivity contribution is 0.0904. The normalized spacial score (nSPS) is 18.1. The molecule has 1 atom stereocenters. The van der Waals surface area contributed by atoms with Crippen molar-refractivity contribution in [1.29, 1.82) is 0 Å². The largest absolute Gasteiger partial charge is 0.378 e. The first-order valence-corrected chi connectivity index (χ1v) is 12.3. The summed E-state index contributed by atoms with van der Waals surface area (Å²) in [5, 5.41) is 3.24. The lowest BCUT2D eigenvalue weighted by Crippen LogP contribution is -2.54. The Balaban J connectivity index is 0.00000729. The molecular formula is C17H37IN4O4S2. The Hall–Kier alpha value is 0.0200. The maximum absolute atomic E-state index is 12.4. The van der Waals surface area contributed by atoms with Crippen molar-refractivity contribution in [3.8, 4) is 0 Å². The summed E-state index contributed by atoms with van der Waals surface area (Å²) in [4.78, 5) is 6.31. The minimum atomic E-state index is -3.30. The van der Waals surface area contributed by atoms with Crippen LogP contribution in [0.4, 0.5) is 0 Å². The fraction of sp³-hybridized carbons (Fsp3) is 0.941. The summed E-state index contributed by atoms with van der Waals surface area (Å²) >= 11 is 0. The van der Waals surface area contributed by atoms with Gasteiger partial charge in [-0.15, -0.1) is 24.0 Å². The van der Waals surface area contributed by atoms with Gasteiger partial charge in [0, 0.05) is 61.1 Å². The topological polar surface area (TPSA) is 91.3 Å². The van der Waals surface area contributed by atoms with E-state index in [-0.39, 0.29) is 47.2 Å². The van der Waals surface area contributed by atoms with Gasteiger partial charge in [0.25, 0.3) is 0 Å². The molecule has 0 aromatic rings. The van der Waals surface area contributed by atoms with Crippen molar-refractivity contribution in [3.05, 3.63) is 0 Å². The van der Waals surface area contributed by atoms with E-state index >= 15 is 0 Å². The summed E-state index contributed by atoms with van der Waals surface area (Å²) < 4.78 is 43.6. The van der Waals surface area contributed by atoms with E-state index in [1.165, 1.54) is 4.31 Å². The van der Waals surface area contributed by atoms with E-state index in [0.29, 0.717) is 38.5 Å². The standard InChI is InChI=1S/C17H36N4O4S2.HI/c1-15(2)25-12-14-27(23,24)21-10-8-20(9-11-21)16(18-6)19-7-13-26(22)17(3,4)5;/h15H,7-14H2,1-6H3,(H,18,19);1H. The molecule has 0 aliphatic carbocycles. The van der Waals surface area contributed by atoms with Gasteiger partial charge in [0.15, 0.2) is 5.96 Å². The van der Waals surface area contributed by atoms with E-state index < -0.39 is 20.8 Å². The summed E-state index contributed by atoms with van der Waals surface area (Å²) in [6.45, 7) is 12.5. The van der Waals surface area contributed by atoms with Crippen LogP contribution in [-0.2, 0) is 25.6 Å². The number of rotatable bonds is 8. The fourth-order valence-corrected chi connectivity index (χ4v) is 4.77. The monoisotopic (exact) mass is 552 g/mol. The van der Waals surface area contributed by atoms with E-state index in [2.05, 4.69) is 10.3 Å². The van der Waals surface area contributed by atoms with Crippen molar-refractivity contribution in [2.45, 2.75) is 45.5 Å². The molecule has 168 valence electrons. The minimum absolute atomic E-state index is 0. The van der Waals surface area contributed by atoms with Gasteiger partial charge in [-0.25, -0.2) is 8.42 Å². The van der Waals surface area contributed by atoms with Crippen LogP contribution in [0.2, 0.25) is 0 Å². The smallest absolute Gasteiger partial charge is 0.216 e. The minimum Gasteiger partial charge on any atom is -0.378 e. The quantitative estimate of drug-likeness (QED) is 0.276. The van der Waals surface area contributed by atoms with Gasteiger partial charge in [0.05, 0.1) is 18.5 Å². The summed E-state index contributed by atoms with van der Waals surface area (Å²) in [6, 6.07) is 0. The number of hydrogen-bond acceptors (Lipinski definition) is 5. The Morgan fingerprint density at radius 3 is 2.25 bits per heavy atom. The molecule has 0 aromatic heterocycles. The molecule has 1 N–H and O–H groups in total. The van der Waals surface area contributed by atoms with Crippen LogP contribution in [0, 0.1) is 0 Å². The van der Waals surface area contributed by atoms with E-state index in [4.69, 9.17) is 4.74 Å². The molecule has 1 aliphatic heterocycles. The predicted molar refractivity (Wildman–Crippen MR) is 128 cm³/mol. The second-order valence-corrected chi connectivity index (χ2v) is 12.2. The van der Waals surface area contributed by atoms with Gasteiger partial charge in [-0.05, 0) is 34.6 Å². The molecule has 1 fully saturated rings. The van der Waals surface area contributed by atoms with Crippen LogP contribution in [0.1, 0.15) is 34.6 Å². The molecule has 28 heavy (non-hydrogen) atoms. The summed E-state index contributed by atoms with van der Waals surface area (Å²) in [5.41, 5.74) is 0. The van der Waals surface area contributed by atoms with Crippen molar-refractivity contribution in [1.82, 2.24) is 14.5 Å². The fourth-order valence-electron chi connectivity index (χ4n) is 2.59. The van der Waals surface area contributed by atoms with Crippen LogP contribution < -0.4 is 5.32 Å². The zero-order valence-electron chi connectivity index (χ0n) is 17.9. The highest BCUT2D eigenvalue weighted by molar-refractivity contribution is 14.0. The highest BCUT2D eigenvalue weighted by Crippen LogP contribution is 2.11. The van der Waals surface area contributed by atoms with Crippen molar-refractivity contribution in [3.63, 3.8) is 0 Å². The molecule has 0 bridgehead atoms. The van der Waals surface area contributed by atoms with Gasteiger partial charge in [0.2, 0.25) is 10.0 Å². The second-order valence-electron chi connectivity index (χ2n) is 7.76. The third-order valence-corrected chi connectivity index (χ3v) is 7.96. The SMILES string of the molecule is CN=C(NCCS(=O)C(C)(C)C)N1CCN(S(=O)(=O)CCOC(C)C)CC1.I. The predicted octanol–water partition coefficient (Wildman–Crippen LogP) is 1.10. The van der Waals surface area contributed by atoms with Gasteiger partial charge < -0.3 is 15.0 Å². The van der Waals surface area contributed by atoms with E-state index in [0.717, 1.165) is 5.96 Å². The maximum Gasteiger partial charge on any atom is 0.216 e. The van der Waals surface area contributed by atoms with Crippen molar-refractivity contribution in [2.75, 3.05) is 57.9 Å². The molecule has 0 saturated carbocycles. The molecule has 1 heterocycles. The Labute approximate surface area is 190 Å². The first kappa shape index (κ1) is 28.0. The average Bonchev–Trinajstić information content (AvgIpc) is 2.57. The van der Waals surface area contributed by atoms with E-state index in [1.807, 2.05) is 39.5 Å². The molecule has 0 spiro atoms. The Kier molecular flexibility index (Phi) is 12.7. The lowest BCUT2D eigenvalue weighted by Gasteiger charge is -2.36. The molecule has 0 radical (unpaired) electrons. The van der Waals surface area contributed by atoms with Crippen LogP contribution in [0.5, 0.6) is 0 Å². The number of guanidine groups is 1. The zero-order chi connectivity index (χ0) is 20.7. The number of hydrogen-bond donors (Lipinski definition) is 1. The first-order chi connectivity index (χ1) is 12.5. The van der Waals surface area contributed by atoms with E-state index in [9.17, 15) is 12.6 Å². The third kappa shape index (κ3) is 9.68. The number of sulfonamides is 1. The molecule has 1 saturated heterocycles. The molecule has 1 rings (SSSR count). The summed E-state index contributed by atoms with van der Waals surface area (Å²) in [5.74, 6) is 1.28. The number of nitrogens with one attached hydrogen (secondary N) is 1. The number of nitrogens with zero attached hydrogens (tertiary/aromatic N) is 3. The Bertz CT molecular complexity index is 613. The molecule has 1 unspecified atom stereocenters. The second kappa shape index (κ2) is 12.7. The Morgan fingerprint density at radius 2 is 1.79 bits per heavy atom. The van der Waals surface area contributed by atoms with Gasteiger partial charge in [-0.1, -0.05) is 0 Å². The van der Waals surface area contributed by atoms with Crippen LogP contribution in [0.15, 0.2) is 4.99 Å². The third-order valence-electron chi connectivity index (χ3n) is 4.19. The van der Waals surface area contributed by atoms with Crippen LogP contribution in [0.3, 0.4) is 0 Å². The van der Waals surface area contributed by atoms with Crippen LogP contribution in [0.25, 0.3) is 0 Å².